The van der Waals surface area contributed by atoms with Crippen molar-refractivity contribution >= 4 is 5.69 Å². The van der Waals surface area contributed by atoms with Gasteiger partial charge in [0.2, 0.25) is 0 Å². The van der Waals surface area contributed by atoms with Crippen molar-refractivity contribution in [2.24, 2.45) is 0 Å². The van der Waals surface area contributed by atoms with Crippen molar-refractivity contribution in [1.82, 2.24) is 9.97 Å². The van der Waals surface area contributed by atoms with Crippen LogP contribution in [0.5, 0.6) is 5.75 Å². The predicted molar refractivity (Wildman–Crippen MR) is 67.2 cm³/mol. The van der Waals surface area contributed by atoms with Crippen LogP contribution >= 0.6 is 0 Å². The molecule has 0 fully saturated rings. The molecule has 2 rings (SSSR count). The van der Waals surface area contributed by atoms with Crippen LogP contribution in [0.4, 0.5) is 18.9 Å². The normalized spacial score (nSPS) is 12.8. The highest BCUT2D eigenvalue weighted by molar-refractivity contribution is 5.41. The molecule has 0 aliphatic carbocycles. The lowest BCUT2D eigenvalue weighted by Crippen LogP contribution is -2.17. The van der Waals surface area contributed by atoms with Crippen molar-refractivity contribution in [1.29, 1.82) is 0 Å². The van der Waals surface area contributed by atoms with E-state index in [0.717, 1.165) is 11.3 Å². The maximum Gasteiger partial charge on any atom is 0.573 e. The Morgan fingerprint density at radius 2 is 1.70 bits per heavy atom. The van der Waals surface area contributed by atoms with Crippen LogP contribution in [0.2, 0.25) is 0 Å². The summed E-state index contributed by atoms with van der Waals surface area (Å²) in [5.74, 6) is -0.239. The Morgan fingerprint density at radius 1 is 1.10 bits per heavy atom. The zero-order valence-corrected chi connectivity index (χ0v) is 10.6. The molecule has 1 aromatic carbocycles. The minimum absolute atomic E-state index is 0.0964. The quantitative estimate of drug-likeness (QED) is 0.932. The molecule has 0 amide bonds. The Kier molecular flexibility index (Phi) is 4.07. The van der Waals surface area contributed by atoms with Gasteiger partial charge < -0.3 is 10.1 Å². The summed E-state index contributed by atoms with van der Waals surface area (Å²) in [6.07, 6.45) is -0.0266. The Bertz CT molecular complexity index is 543. The Morgan fingerprint density at radius 3 is 2.25 bits per heavy atom. The van der Waals surface area contributed by atoms with Crippen molar-refractivity contribution in [3.8, 4) is 5.75 Å². The zero-order valence-electron chi connectivity index (χ0n) is 10.6. The lowest BCUT2D eigenvalue weighted by atomic mass is 10.1. The molecule has 7 heteroatoms. The second-order valence-corrected chi connectivity index (χ2v) is 4.11. The number of hydrogen-bond donors (Lipinski definition) is 1. The Balaban J connectivity index is 2.02. The van der Waals surface area contributed by atoms with Crippen molar-refractivity contribution in [2.45, 2.75) is 19.3 Å². The largest absolute Gasteiger partial charge is 0.573 e. The van der Waals surface area contributed by atoms with Gasteiger partial charge >= 0.3 is 6.36 Å². The number of halogens is 3. The first kappa shape index (κ1) is 14.1. The van der Waals surface area contributed by atoms with Gasteiger partial charge in [-0.05, 0) is 24.6 Å². The lowest BCUT2D eigenvalue weighted by molar-refractivity contribution is -0.274. The highest BCUT2D eigenvalue weighted by Crippen LogP contribution is 2.25. The molecular weight excluding hydrogens is 271 g/mol. The summed E-state index contributed by atoms with van der Waals surface area (Å²) in [5, 5.41) is 3.14. The molecule has 0 saturated carbocycles. The van der Waals surface area contributed by atoms with Crippen molar-refractivity contribution in [3.63, 3.8) is 0 Å². The number of anilines is 1. The average Bonchev–Trinajstić information content (AvgIpc) is 2.39. The highest BCUT2D eigenvalue weighted by Gasteiger charge is 2.30. The molecule has 1 unspecified atom stereocenters. The Labute approximate surface area is 113 Å². The first-order valence-electron chi connectivity index (χ1n) is 5.81. The molecule has 0 spiro atoms. The van der Waals surface area contributed by atoms with Crippen LogP contribution in [-0.4, -0.2) is 16.3 Å². The van der Waals surface area contributed by atoms with Gasteiger partial charge in [0.1, 0.15) is 12.1 Å². The summed E-state index contributed by atoms with van der Waals surface area (Å²) in [4.78, 5) is 7.73. The summed E-state index contributed by atoms with van der Waals surface area (Å²) in [5.41, 5.74) is 1.55. The molecule has 0 aliphatic rings. The van der Waals surface area contributed by atoms with E-state index >= 15 is 0 Å². The standard InChI is InChI=1S/C13H12F3N3O/c1-9(19-11-6-17-8-18-7-11)10-2-4-12(5-3-10)20-13(14,15)16/h2-9,19H,1H3. The minimum atomic E-state index is -4.67. The van der Waals surface area contributed by atoms with Crippen LogP contribution in [-0.2, 0) is 0 Å². The van der Waals surface area contributed by atoms with Gasteiger partial charge in [-0.15, -0.1) is 13.2 Å². The van der Waals surface area contributed by atoms with E-state index in [-0.39, 0.29) is 11.8 Å². The molecule has 106 valence electrons. The molecule has 0 aliphatic heterocycles. The molecule has 1 atom stereocenters. The van der Waals surface area contributed by atoms with Crippen LogP contribution in [0.1, 0.15) is 18.5 Å². The van der Waals surface area contributed by atoms with Crippen molar-refractivity contribution in [3.05, 3.63) is 48.5 Å². The van der Waals surface area contributed by atoms with Gasteiger partial charge in [0.05, 0.1) is 18.1 Å². The summed E-state index contributed by atoms with van der Waals surface area (Å²) < 4.78 is 39.9. The summed E-state index contributed by atoms with van der Waals surface area (Å²) in [7, 11) is 0. The van der Waals surface area contributed by atoms with Crippen LogP contribution in [0.15, 0.2) is 43.0 Å². The van der Waals surface area contributed by atoms with Crippen LogP contribution in [0.25, 0.3) is 0 Å². The smallest absolute Gasteiger partial charge is 0.406 e. The Hall–Kier alpha value is -2.31. The van der Waals surface area contributed by atoms with Crippen LogP contribution in [0.3, 0.4) is 0 Å². The second-order valence-electron chi connectivity index (χ2n) is 4.11. The fourth-order valence-corrected chi connectivity index (χ4v) is 1.67. The zero-order chi connectivity index (χ0) is 14.6. The number of hydrogen-bond acceptors (Lipinski definition) is 4. The molecule has 4 nitrogen and oxygen atoms in total. The fraction of sp³-hybridized carbons (Fsp3) is 0.231. The average molecular weight is 283 g/mol. The number of benzene rings is 1. The summed E-state index contributed by atoms with van der Waals surface area (Å²) in [6.45, 7) is 1.88. The highest BCUT2D eigenvalue weighted by atomic mass is 19.4. The summed E-state index contributed by atoms with van der Waals surface area (Å²) >= 11 is 0. The molecule has 20 heavy (non-hydrogen) atoms. The predicted octanol–water partition coefficient (Wildman–Crippen LogP) is 3.55. The van der Waals surface area contributed by atoms with Crippen LogP contribution in [0, 0.1) is 0 Å². The van der Waals surface area contributed by atoms with Gasteiger partial charge in [-0.3, -0.25) is 0 Å². The number of rotatable bonds is 4. The van der Waals surface area contributed by atoms with Gasteiger partial charge in [0.25, 0.3) is 0 Å². The van der Waals surface area contributed by atoms with Crippen molar-refractivity contribution in [2.75, 3.05) is 5.32 Å². The number of aromatic nitrogens is 2. The number of nitrogens with one attached hydrogen (secondary N) is 1. The van der Waals surface area contributed by atoms with E-state index in [1.54, 1.807) is 24.5 Å². The third-order valence-electron chi connectivity index (χ3n) is 2.56. The third-order valence-corrected chi connectivity index (χ3v) is 2.56. The molecular formula is C13H12F3N3O. The molecule has 0 saturated heterocycles. The van der Waals surface area contributed by atoms with E-state index in [4.69, 9.17) is 0 Å². The minimum Gasteiger partial charge on any atom is -0.406 e. The van der Waals surface area contributed by atoms with Gasteiger partial charge in [-0.1, -0.05) is 12.1 Å². The van der Waals surface area contributed by atoms with E-state index in [0.29, 0.717) is 0 Å². The van der Waals surface area contributed by atoms with Crippen LogP contribution < -0.4 is 10.1 Å². The summed E-state index contributed by atoms with van der Waals surface area (Å²) in [6, 6.07) is 5.61. The third kappa shape index (κ3) is 4.11. The number of alkyl halides is 3. The first-order valence-corrected chi connectivity index (χ1v) is 5.81. The van der Waals surface area contributed by atoms with Gasteiger partial charge in [-0.25, -0.2) is 9.97 Å². The van der Waals surface area contributed by atoms with E-state index < -0.39 is 6.36 Å². The molecule has 1 heterocycles. The number of nitrogens with zero attached hydrogens (tertiary/aromatic N) is 2. The van der Waals surface area contributed by atoms with Gasteiger partial charge in [0.15, 0.2) is 0 Å². The molecule has 0 radical (unpaired) electrons. The molecule has 0 bridgehead atoms. The van der Waals surface area contributed by atoms with Gasteiger partial charge in [-0.2, -0.15) is 0 Å². The first-order chi connectivity index (χ1) is 9.44. The topological polar surface area (TPSA) is 47.0 Å². The maximum atomic E-state index is 12.0. The molecule has 1 aromatic heterocycles. The number of ether oxygens (including phenoxy) is 1. The van der Waals surface area contributed by atoms with Crippen molar-refractivity contribution < 1.29 is 17.9 Å². The SMILES string of the molecule is CC(Nc1cncnc1)c1ccc(OC(F)(F)F)cc1. The van der Waals surface area contributed by atoms with E-state index in [2.05, 4.69) is 20.0 Å². The maximum absolute atomic E-state index is 12.0. The van der Waals surface area contributed by atoms with Gasteiger partial charge in [0, 0.05) is 6.04 Å². The molecule has 2 aromatic rings. The monoisotopic (exact) mass is 283 g/mol. The second kappa shape index (κ2) is 5.77. The lowest BCUT2D eigenvalue weighted by Gasteiger charge is -2.16. The van der Waals surface area contributed by atoms with E-state index in [1.165, 1.54) is 18.5 Å². The van der Waals surface area contributed by atoms with E-state index in [9.17, 15) is 13.2 Å². The molecule has 1 N–H and O–H groups in total. The fourth-order valence-electron chi connectivity index (χ4n) is 1.67. The van der Waals surface area contributed by atoms with E-state index in [1.807, 2.05) is 6.92 Å².